The van der Waals surface area contributed by atoms with Gasteiger partial charge < -0.3 is 20.9 Å². The summed E-state index contributed by atoms with van der Waals surface area (Å²) in [6, 6.07) is 0. The highest BCUT2D eigenvalue weighted by Gasteiger charge is 2.46. The molecule has 0 aliphatic carbocycles. The third kappa shape index (κ3) is 5.58. The van der Waals surface area contributed by atoms with Crippen LogP contribution >= 0.6 is 38.1 Å². The molecule has 0 spiro atoms. The summed E-state index contributed by atoms with van der Waals surface area (Å²) >= 11 is 8.38. The number of nitrogens with zero attached hydrogens (tertiary/aromatic N) is 7. The summed E-state index contributed by atoms with van der Waals surface area (Å²) in [5.74, 6) is 0.0225. The molecule has 7 heterocycles. The van der Waals surface area contributed by atoms with Gasteiger partial charge in [0.2, 0.25) is 5.95 Å². The molecule has 43 heavy (non-hydrogen) atoms. The van der Waals surface area contributed by atoms with E-state index in [9.17, 15) is 13.9 Å². The third-order valence-electron chi connectivity index (χ3n) is 7.06. The molecule has 230 valence electrons. The van der Waals surface area contributed by atoms with Gasteiger partial charge in [-0.1, -0.05) is 24.5 Å². The van der Waals surface area contributed by atoms with E-state index in [1.807, 2.05) is 0 Å². The molecule has 3 fully saturated rings. The molecule has 5 N–H and O–H groups in total. The van der Waals surface area contributed by atoms with Crippen LogP contribution in [0, 0.1) is 0 Å². The van der Waals surface area contributed by atoms with E-state index in [4.69, 9.17) is 39.0 Å². The first kappa shape index (κ1) is 29.1. The predicted octanol–water partition coefficient (Wildman–Crippen LogP) is 1.59. The maximum absolute atomic E-state index is 13.4. The molecule has 0 saturated carbocycles. The molecule has 3 aliphatic heterocycles. The molecule has 19 nitrogen and oxygen atoms in total. The molecule has 23 heteroatoms. The van der Waals surface area contributed by atoms with Crippen LogP contribution in [0.25, 0.3) is 22.3 Å². The SMILES string of the molecule is Nc1nc2c(ncn2[C@@H]2O[C@@H]3COP(=O)(S)O[C@@H]4C[C@@H](COP(=O)(S)O[C@@H]2C3)O[C@H]4n2cnc3c(N)ncnc32)c(=O)[nH]1. The first-order valence-electron chi connectivity index (χ1n) is 12.7. The Kier molecular flexibility index (Phi) is 7.32. The average Bonchev–Trinajstić information content (AvgIpc) is 3.71. The molecule has 7 rings (SSSR count). The molecule has 0 radical (unpaired) electrons. The van der Waals surface area contributed by atoms with Crippen LogP contribution in [0.3, 0.4) is 0 Å². The van der Waals surface area contributed by atoms with Gasteiger partial charge in [-0.3, -0.25) is 37.0 Å². The van der Waals surface area contributed by atoms with Crippen molar-refractivity contribution in [3.63, 3.8) is 0 Å². The second kappa shape index (κ2) is 10.8. The van der Waals surface area contributed by atoms with E-state index in [1.165, 1.54) is 23.5 Å². The zero-order chi connectivity index (χ0) is 30.1. The standard InChI is InChI=1S/C20H24N10O9P2S2/c21-14-12-15(24-5-23-14)29(6-25-12)18-10-1-8(36-18)3-34-41(33,43)39-11-2-9(4-35-40(32,42)38-10)37-19(11)30-7-26-13-16(30)27-20(22)28-17(13)31/h5-11,18-19H,1-4H2,(H,32,42)(H,33,43)(H2,21,23,24)(H3,22,27,28,31)/t8-,9-,10+,11+,18+,19+,40?,41?/m0/s1. The quantitative estimate of drug-likeness (QED) is 0.150. The number of fused-ring (bicyclic) bond motifs is 6. The molecular weight excluding hydrogens is 650 g/mol. The highest BCUT2D eigenvalue weighted by molar-refractivity contribution is 8.44. The summed E-state index contributed by atoms with van der Waals surface area (Å²) in [7, 11) is 0. The molecule has 3 saturated heterocycles. The van der Waals surface area contributed by atoms with Crippen molar-refractivity contribution < 1.29 is 36.7 Å². The zero-order valence-electron chi connectivity index (χ0n) is 21.8. The Labute approximate surface area is 251 Å². The number of anilines is 2. The van der Waals surface area contributed by atoms with E-state index >= 15 is 0 Å². The van der Waals surface area contributed by atoms with E-state index in [0.29, 0.717) is 11.2 Å². The molecule has 4 bridgehead atoms. The fourth-order valence-corrected chi connectivity index (χ4v) is 8.29. The summed E-state index contributed by atoms with van der Waals surface area (Å²) in [6.45, 7) is -8.53. The minimum atomic E-state index is -4.03. The molecule has 0 amide bonds. The van der Waals surface area contributed by atoms with Crippen molar-refractivity contribution in [2.24, 2.45) is 0 Å². The molecule has 2 unspecified atom stereocenters. The van der Waals surface area contributed by atoms with Gasteiger partial charge in [0, 0.05) is 12.8 Å². The summed E-state index contributed by atoms with van der Waals surface area (Å²) in [4.78, 5) is 35.4. The number of imidazole rings is 2. The van der Waals surface area contributed by atoms with E-state index in [2.05, 4.69) is 54.4 Å². The lowest BCUT2D eigenvalue weighted by Crippen LogP contribution is -2.23. The number of nitrogen functional groups attached to an aromatic ring is 2. The summed E-state index contributed by atoms with van der Waals surface area (Å²) in [5, 5.41) is 0. The smallest absolute Gasteiger partial charge is 0.382 e. The van der Waals surface area contributed by atoms with Crippen molar-refractivity contribution in [2.45, 2.75) is 49.7 Å². The first-order chi connectivity index (χ1) is 20.5. The van der Waals surface area contributed by atoms with Crippen molar-refractivity contribution >= 4 is 72.2 Å². The number of H-pyrrole nitrogens is 1. The lowest BCUT2D eigenvalue weighted by molar-refractivity contribution is -0.0568. The van der Waals surface area contributed by atoms with Crippen molar-refractivity contribution in [1.82, 2.24) is 39.0 Å². The number of ether oxygens (including phenoxy) is 2. The van der Waals surface area contributed by atoms with Crippen molar-refractivity contribution in [2.75, 3.05) is 24.7 Å². The number of aromatic nitrogens is 8. The van der Waals surface area contributed by atoms with Crippen LogP contribution < -0.4 is 17.0 Å². The van der Waals surface area contributed by atoms with Gasteiger partial charge in [0.25, 0.3) is 5.56 Å². The van der Waals surface area contributed by atoms with Gasteiger partial charge in [-0.05, 0) is 0 Å². The number of nitrogens with two attached hydrogens (primary N) is 2. The number of rotatable bonds is 2. The first-order valence-corrected chi connectivity index (χ1v) is 18.1. The van der Waals surface area contributed by atoms with Crippen LogP contribution in [-0.2, 0) is 36.7 Å². The van der Waals surface area contributed by atoms with Crippen LogP contribution in [-0.4, -0.2) is 76.7 Å². The number of hydrogen-bond acceptors (Lipinski definition) is 16. The summed E-state index contributed by atoms with van der Waals surface area (Å²) < 4.78 is 65.1. The maximum atomic E-state index is 13.4. The highest BCUT2D eigenvalue weighted by Crippen LogP contribution is 2.60. The number of thiol groups is 2. The van der Waals surface area contributed by atoms with E-state index in [1.54, 1.807) is 4.57 Å². The predicted molar refractivity (Wildman–Crippen MR) is 154 cm³/mol. The van der Waals surface area contributed by atoms with E-state index in [0.717, 1.165) is 0 Å². The lowest BCUT2D eigenvalue weighted by atomic mass is 10.2. The molecule has 4 aromatic heterocycles. The fourth-order valence-electron chi connectivity index (χ4n) is 5.27. The molecular formula is C20H24N10O9P2S2. The van der Waals surface area contributed by atoms with Crippen LogP contribution in [0.2, 0.25) is 0 Å². The maximum Gasteiger partial charge on any atom is 0.386 e. The van der Waals surface area contributed by atoms with Crippen LogP contribution in [0.15, 0.2) is 23.8 Å². The topological polar surface area (TPSA) is 249 Å². The monoisotopic (exact) mass is 674 g/mol. The van der Waals surface area contributed by atoms with Gasteiger partial charge in [0.05, 0.1) is 38.1 Å². The Morgan fingerprint density at radius 3 is 2.00 bits per heavy atom. The minimum Gasteiger partial charge on any atom is -0.382 e. The van der Waals surface area contributed by atoms with Crippen molar-refractivity contribution in [3.8, 4) is 0 Å². The van der Waals surface area contributed by atoms with Gasteiger partial charge >= 0.3 is 13.6 Å². The van der Waals surface area contributed by atoms with Gasteiger partial charge in [0.1, 0.15) is 24.1 Å². The Morgan fingerprint density at radius 2 is 1.40 bits per heavy atom. The molecule has 0 aromatic carbocycles. The Morgan fingerprint density at radius 1 is 0.837 bits per heavy atom. The highest BCUT2D eigenvalue weighted by atomic mass is 32.7. The molecule has 3 aliphatic rings. The van der Waals surface area contributed by atoms with Crippen LogP contribution in [0.5, 0.6) is 0 Å². The van der Waals surface area contributed by atoms with E-state index in [-0.39, 0.29) is 49.0 Å². The molecule has 8 atom stereocenters. The van der Waals surface area contributed by atoms with Gasteiger partial charge in [-0.2, -0.15) is 4.98 Å². The largest absolute Gasteiger partial charge is 0.386 e. The average molecular weight is 675 g/mol. The number of nitrogens with one attached hydrogen (secondary N) is 1. The minimum absolute atomic E-state index is 0.00301. The Hall–Kier alpha value is -2.58. The second-order valence-corrected chi connectivity index (χ2v) is 15.7. The van der Waals surface area contributed by atoms with Crippen molar-refractivity contribution in [1.29, 1.82) is 0 Å². The third-order valence-corrected chi connectivity index (χ3v) is 10.3. The normalized spacial score (nSPS) is 35.4. The van der Waals surface area contributed by atoms with Gasteiger partial charge in [-0.15, -0.1) is 0 Å². The van der Waals surface area contributed by atoms with Crippen LogP contribution in [0.1, 0.15) is 25.3 Å². The molecule has 4 aromatic rings. The van der Waals surface area contributed by atoms with Gasteiger partial charge in [-0.25, -0.2) is 29.1 Å². The second-order valence-electron chi connectivity index (χ2n) is 9.94. The van der Waals surface area contributed by atoms with Crippen LogP contribution in [0.4, 0.5) is 11.8 Å². The number of hydrogen-bond donors (Lipinski definition) is 5. The lowest BCUT2D eigenvalue weighted by Gasteiger charge is -2.24. The Balaban J connectivity index is 1.18. The van der Waals surface area contributed by atoms with Gasteiger partial charge in [0.15, 0.2) is 35.1 Å². The summed E-state index contributed by atoms with van der Waals surface area (Å²) in [6.07, 6.45) is -0.964. The fraction of sp³-hybridized carbons (Fsp3) is 0.500. The van der Waals surface area contributed by atoms with E-state index < -0.39 is 56.0 Å². The Bertz CT molecular complexity index is 1870. The van der Waals surface area contributed by atoms with Crippen molar-refractivity contribution in [3.05, 3.63) is 29.3 Å². The summed E-state index contributed by atoms with van der Waals surface area (Å²) in [5.41, 5.74) is 11.9. The zero-order valence-corrected chi connectivity index (χ0v) is 25.4. The number of aromatic amines is 1.